The highest BCUT2D eigenvalue weighted by atomic mass is 35.5. The highest BCUT2D eigenvalue weighted by Gasteiger charge is 2.07. The fourth-order valence-corrected chi connectivity index (χ4v) is 2.66. The van der Waals surface area contributed by atoms with E-state index in [1.54, 1.807) is 29.3 Å². The molecule has 2 aromatic heterocycles. The molecule has 3 rings (SSSR count). The number of nitrogens with zero attached hydrogens (tertiary/aromatic N) is 4. The molecule has 2 heterocycles. The molecule has 3 aromatic rings. The molecule has 6 nitrogen and oxygen atoms in total. The van der Waals surface area contributed by atoms with Gasteiger partial charge in [-0.1, -0.05) is 28.9 Å². The maximum atomic E-state index is 10.5. The van der Waals surface area contributed by atoms with Gasteiger partial charge < -0.3 is 4.74 Å². The Morgan fingerprint density at radius 1 is 1.33 bits per heavy atom. The molecule has 1 aromatic carbocycles. The van der Waals surface area contributed by atoms with E-state index < -0.39 is 0 Å². The number of carbonyl (C=O) groups excluding carboxylic acids is 1. The molecule has 24 heavy (non-hydrogen) atoms. The molecule has 0 amide bonds. The molecular weight excluding hydrogens is 348 g/mol. The molecule has 0 fully saturated rings. The van der Waals surface area contributed by atoms with E-state index in [9.17, 15) is 4.79 Å². The number of thiazole rings is 1. The lowest BCUT2D eigenvalue weighted by Crippen LogP contribution is -2.00. The van der Waals surface area contributed by atoms with Gasteiger partial charge in [0.1, 0.15) is 10.7 Å². The van der Waals surface area contributed by atoms with Crippen LogP contribution in [0.15, 0.2) is 35.8 Å². The number of aromatic nitrogens is 4. The molecule has 0 unspecified atom stereocenters. The Morgan fingerprint density at radius 3 is 2.62 bits per heavy atom. The first-order valence-corrected chi connectivity index (χ1v) is 8.46. The Labute approximate surface area is 149 Å². The van der Waals surface area contributed by atoms with Crippen molar-refractivity contribution in [3.8, 4) is 10.6 Å². The molecule has 0 saturated carbocycles. The smallest absolute Gasteiger partial charge is 0.171 e. The SMILES string of the molecule is CCOC.O=Cc1cn(Cc2csc(-c3ccc(Cl)cc3)n2)nn1. The number of halogens is 1. The summed E-state index contributed by atoms with van der Waals surface area (Å²) in [5, 5.41) is 11.2. The first kappa shape index (κ1) is 18.3. The summed E-state index contributed by atoms with van der Waals surface area (Å²) in [4.78, 5) is 15.1. The first-order valence-electron chi connectivity index (χ1n) is 7.20. The molecule has 0 radical (unpaired) electrons. The first-order chi connectivity index (χ1) is 11.7. The molecular formula is C16H17ClN4O2S. The van der Waals surface area contributed by atoms with Crippen molar-refractivity contribution in [3.05, 3.63) is 52.3 Å². The van der Waals surface area contributed by atoms with Crippen molar-refractivity contribution in [2.45, 2.75) is 13.5 Å². The Balaban J connectivity index is 0.000000471. The van der Waals surface area contributed by atoms with Crippen molar-refractivity contribution < 1.29 is 9.53 Å². The summed E-state index contributed by atoms with van der Waals surface area (Å²) in [6.45, 7) is 3.27. The molecule has 0 N–H and O–H groups in total. The van der Waals surface area contributed by atoms with Crippen molar-refractivity contribution >= 4 is 29.2 Å². The number of carbonyl (C=O) groups is 1. The van der Waals surface area contributed by atoms with E-state index in [2.05, 4.69) is 20.0 Å². The van der Waals surface area contributed by atoms with Gasteiger partial charge in [0.05, 0.1) is 18.4 Å². The summed E-state index contributed by atoms with van der Waals surface area (Å²) in [6.07, 6.45) is 2.26. The van der Waals surface area contributed by atoms with E-state index in [1.165, 1.54) is 0 Å². The van der Waals surface area contributed by atoms with Crippen LogP contribution < -0.4 is 0 Å². The minimum Gasteiger partial charge on any atom is -0.385 e. The van der Waals surface area contributed by atoms with Crippen molar-refractivity contribution in [1.82, 2.24) is 20.0 Å². The summed E-state index contributed by atoms with van der Waals surface area (Å²) in [6, 6.07) is 7.55. The standard InChI is InChI=1S/C13H9ClN4OS.C3H8O/c14-10-3-1-9(2-4-10)13-15-12(8-20-13)6-18-5-11(7-19)16-17-18;1-3-4-2/h1-5,7-8H,6H2;3H2,1-2H3. The van der Waals surface area contributed by atoms with Crippen LogP contribution in [-0.2, 0) is 11.3 Å². The van der Waals surface area contributed by atoms with Crippen LogP contribution in [0.1, 0.15) is 23.1 Å². The number of benzene rings is 1. The van der Waals surface area contributed by atoms with E-state index in [-0.39, 0.29) is 0 Å². The van der Waals surface area contributed by atoms with Crippen LogP contribution in [0.3, 0.4) is 0 Å². The van der Waals surface area contributed by atoms with Gasteiger partial charge >= 0.3 is 0 Å². The number of ether oxygens (including phenoxy) is 1. The minimum absolute atomic E-state index is 0.318. The summed E-state index contributed by atoms with van der Waals surface area (Å²) < 4.78 is 6.13. The van der Waals surface area contributed by atoms with Gasteiger partial charge in [-0.2, -0.15) is 0 Å². The largest absolute Gasteiger partial charge is 0.385 e. The number of hydrogen-bond acceptors (Lipinski definition) is 6. The lowest BCUT2D eigenvalue weighted by Gasteiger charge is -1.97. The van der Waals surface area contributed by atoms with Crippen molar-refractivity contribution in [3.63, 3.8) is 0 Å². The van der Waals surface area contributed by atoms with E-state index in [0.29, 0.717) is 23.5 Å². The second-order valence-electron chi connectivity index (χ2n) is 4.69. The van der Waals surface area contributed by atoms with Crippen LogP contribution in [0.2, 0.25) is 5.02 Å². The molecule has 8 heteroatoms. The minimum atomic E-state index is 0.318. The molecule has 0 aliphatic rings. The normalized spacial score (nSPS) is 10.1. The third-order valence-corrected chi connectivity index (χ3v) is 4.12. The number of methoxy groups -OCH3 is 1. The highest BCUT2D eigenvalue weighted by Crippen LogP contribution is 2.25. The predicted molar refractivity (Wildman–Crippen MR) is 94.6 cm³/mol. The van der Waals surface area contributed by atoms with Gasteiger partial charge in [0.25, 0.3) is 0 Å². The molecule has 0 aliphatic carbocycles. The van der Waals surface area contributed by atoms with E-state index in [1.807, 2.05) is 36.6 Å². The quantitative estimate of drug-likeness (QED) is 0.647. The molecule has 126 valence electrons. The topological polar surface area (TPSA) is 69.9 Å². The van der Waals surface area contributed by atoms with Crippen LogP contribution in [0.4, 0.5) is 0 Å². The van der Waals surface area contributed by atoms with Gasteiger partial charge in [0, 0.05) is 29.7 Å². The Morgan fingerprint density at radius 2 is 2.04 bits per heavy atom. The lowest BCUT2D eigenvalue weighted by molar-refractivity contribution is 0.111. The van der Waals surface area contributed by atoms with Crippen LogP contribution in [0, 0.1) is 0 Å². The lowest BCUT2D eigenvalue weighted by atomic mass is 10.2. The molecule has 0 atom stereocenters. The Hall–Kier alpha value is -2.09. The summed E-state index contributed by atoms with van der Waals surface area (Å²) in [5.41, 5.74) is 2.22. The molecule has 0 saturated heterocycles. The van der Waals surface area contributed by atoms with Gasteiger partial charge in [-0.15, -0.1) is 16.4 Å². The molecule has 0 spiro atoms. The Bertz CT molecular complexity index is 768. The average Bonchev–Trinajstić information content (AvgIpc) is 3.25. The van der Waals surface area contributed by atoms with E-state index in [0.717, 1.165) is 22.9 Å². The monoisotopic (exact) mass is 364 g/mol. The van der Waals surface area contributed by atoms with E-state index >= 15 is 0 Å². The second-order valence-corrected chi connectivity index (χ2v) is 5.98. The summed E-state index contributed by atoms with van der Waals surface area (Å²) >= 11 is 7.42. The van der Waals surface area contributed by atoms with Gasteiger partial charge in [0.2, 0.25) is 0 Å². The predicted octanol–water partition coefficient (Wildman–Crippen LogP) is 3.57. The van der Waals surface area contributed by atoms with Crippen LogP contribution >= 0.6 is 22.9 Å². The number of rotatable bonds is 5. The number of hydrogen-bond donors (Lipinski definition) is 0. The van der Waals surface area contributed by atoms with Crippen LogP contribution in [-0.4, -0.2) is 40.0 Å². The zero-order valence-electron chi connectivity index (χ0n) is 13.3. The summed E-state index contributed by atoms with van der Waals surface area (Å²) in [7, 11) is 1.68. The van der Waals surface area contributed by atoms with Gasteiger partial charge in [-0.3, -0.25) is 4.79 Å². The van der Waals surface area contributed by atoms with Gasteiger partial charge in [-0.25, -0.2) is 9.67 Å². The zero-order valence-corrected chi connectivity index (χ0v) is 14.9. The van der Waals surface area contributed by atoms with Gasteiger partial charge in [-0.05, 0) is 19.1 Å². The van der Waals surface area contributed by atoms with Crippen LogP contribution in [0.25, 0.3) is 10.6 Å². The van der Waals surface area contributed by atoms with Crippen molar-refractivity contribution in [2.75, 3.05) is 13.7 Å². The maximum absolute atomic E-state index is 10.5. The van der Waals surface area contributed by atoms with E-state index in [4.69, 9.17) is 11.6 Å². The van der Waals surface area contributed by atoms with Crippen molar-refractivity contribution in [1.29, 1.82) is 0 Å². The third kappa shape index (κ3) is 5.23. The molecule has 0 bridgehead atoms. The maximum Gasteiger partial charge on any atom is 0.171 e. The fourth-order valence-electron chi connectivity index (χ4n) is 1.72. The number of aldehydes is 1. The van der Waals surface area contributed by atoms with Crippen molar-refractivity contribution in [2.24, 2.45) is 0 Å². The van der Waals surface area contributed by atoms with Crippen LogP contribution in [0.5, 0.6) is 0 Å². The fraction of sp³-hybridized carbons (Fsp3) is 0.250. The average molecular weight is 365 g/mol. The highest BCUT2D eigenvalue weighted by molar-refractivity contribution is 7.13. The third-order valence-electron chi connectivity index (χ3n) is 2.93. The van der Waals surface area contributed by atoms with Gasteiger partial charge in [0.15, 0.2) is 6.29 Å². The second kappa shape index (κ2) is 9.27. The molecule has 0 aliphatic heterocycles. The summed E-state index contributed by atoms with van der Waals surface area (Å²) in [5.74, 6) is 0. The zero-order chi connectivity index (χ0) is 17.4. The Kier molecular flexibility index (Phi) is 7.05.